The van der Waals surface area contributed by atoms with Crippen LogP contribution in [0.3, 0.4) is 0 Å². The zero-order chi connectivity index (χ0) is 12.5. The summed E-state index contributed by atoms with van der Waals surface area (Å²) in [5.74, 6) is -0.368. The molecule has 1 aromatic carbocycles. The number of nitrogens with zero attached hydrogens (tertiary/aromatic N) is 1. The first kappa shape index (κ1) is 12.2. The molecule has 0 saturated carbocycles. The standard InChI is InChI=1S/C12H15F3N2/c13-9-3-1-4-10(7-9)17-6-2-5-12(16,8-17)11(14)15/h1,3-4,7,11H,2,5-6,8,16H2. The van der Waals surface area contributed by atoms with Gasteiger partial charge in [-0.05, 0) is 31.0 Å². The van der Waals surface area contributed by atoms with Crippen molar-refractivity contribution in [1.29, 1.82) is 0 Å². The van der Waals surface area contributed by atoms with Gasteiger partial charge in [-0.2, -0.15) is 0 Å². The molecule has 1 unspecified atom stereocenters. The normalized spacial score (nSPS) is 25.4. The summed E-state index contributed by atoms with van der Waals surface area (Å²) in [7, 11) is 0. The molecule has 1 fully saturated rings. The van der Waals surface area contributed by atoms with Gasteiger partial charge in [0.1, 0.15) is 5.82 Å². The number of hydrogen-bond donors (Lipinski definition) is 1. The second-order valence-corrected chi connectivity index (χ2v) is 4.54. The van der Waals surface area contributed by atoms with Gasteiger partial charge < -0.3 is 10.6 Å². The van der Waals surface area contributed by atoms with E-state index in [0.717, 1.165) is 0 Å². The van der Waals surface area contributed by atoms with Gasteiger partial charge in [0.25, 0.3) is 6.43 Å². The highest BCUT2D eigenvalue weighted by atomic mass is 19.3. The van der Waals surface area contributed by atoms with Crippen LogP contribution in [0, 0.1) is 5.82 Å². The van der Waals surface area contributed by atoms with Crippen LogP contribution >= 0.6 is 0 Å². The fourth-order valence-corrected chi connectivity index (χ4v) is 2.18. The minimum atomic E-state index is -2.56. The highest BCUT2D eigenvalue weighted by Crippen LogP contribution is 2.28. The number of halogens is 3. The van der Waals surface area contributed by atoms with Crippen molar-refractivity contribution < 1.29 is 13.2 Å². The highest BCUT2D eigenvalue weighted by Gasteiger charge is 2.40. The van der Waals surface area contributed by atoms with E-state index in [1.54, 1.807) is 17.0 Å². The van der Waals surface area contributed by atoms with Crippen LogP contribution < -0.4 is 10.6 Å². The van der Waals surface area contributed by atoms with E-state index in [0.29, 0.717) is 25.1 Å². The Morgan fingerprint density at radius 3 is 2.76 bits per heavy atom. The minimum absolute atomic E-state index is 0.0636. The second-order valence-electron chi connectivity index (χ2n) is 4.54. The molecule has 0 amide bonds. The largest absolute Gasteiger partial charge is 0.369 e. The van der Waals surface area contributed by atoms with Crippen LogP contribution in [-0.2, 0) is 0 Å². The molecule has 1 aromatic rings. The summed E-state index contributed by atoms with van der Waals surface area (Å²) in [4.78, 5) is 1.72. The van der Waals surface area contributed by atoms with E-state index in [4.69, 9.17) is 5.73 Å². The molecule has 2 N–H and O–H groups in total. The molecule has 17 heavy (non-hydrogen) atoms. The van der Waals surface area contributed by atoms with Gasteiger partial charge in [0.2, 0.25) is 0 Å². The highest BCUT2D eigenvalue weighted by molar-refractivity contribution is 5.47. The Morgan fingerprint density at radius 2 is 2.12 bits per heavy atom. The Labute approximate surface area is 98.2 Å². The zero-order valence-electron chi connectivity index (χ0n) is 9.37. The molecule has 1 aliphatic rings. The second kappa shape index (κ2) is 4.56. The Hall–Kier alpha value is -1.23. The molecule has 0 aromatic heterocycles. The molecule has 0 radical (unpaired) electrons. The van der Waals surface area contributed by atoms with Crippen molar-refractivity contribution in [1.82, 2.24) is 0 Å². The Kier molecular flexibility index (Phi) is 3.28. The van der Waals surface area contributed by atoms with Gasteiger partial charge in [0.05, 0.1) is 5.54 Å². The van der Waals surface area contributed by atoms with Gasteiger partial charge in [-0.1, -0.05) is 6.07 Å². The van der Waals surface area contributed by atoms with Gasteiger partial charge in [-0.25, -0.2) is 13.2 Å². The maximum absolute atomic E-state index is 13.1. The van der Waals surface area contributed by atoms with Crippen molar-refractivity contribution in [3.63, 3.8) is 0 Å². The average Bonchev–Trinajstić information content (AvgIpc) is 2.29. The summed E-state index contributed by atoms with van der Waals surface area (Å²) in [5, 5.41) is 0. The third-order valence-electron chi connectivity index (χ3n) is 3.16. The number of rotatable bonds is 2. The maximum Gasteiger partial charge on any atom is 0.258 e. The first-order chi connectivity index (χ1) is 8.01. The van der Waals surface area contributed by atoms with Crippen LogP contribution in [0.15, 0.2) is 24.3 Å². The van der Waals surface area contributed by atoms with E-state index in [1.807, 2.05) is 0 Å². The molecule has 1 saturated heterocycles. The number of anilines is 1. The lowest BCUT2D eigenvalue weighted by Gasteiger charge is -2.40. The lowest BCUT2D eigenvalue weighted by Crippen LogP contribution is -2.59. The van der Waals surface area contributed by atoms with Crippen LogP contribution in [0.1, 0.15) is 12.8 Å². The van der Waals surface area contributed by atoms with Crippen molar-refractivity contribution in [2.45, 2.75) is 24.8 Å². The van der Waals surface area contributed by atoms with Crippen LogP contribution in [0.2, 0.25) is 0 Å². The Morgan fingerprint density at radius 1 is 1.35 bits per heavy atom. The molecule has 1 atom stereocenters. The molecular weight excluding hydrogens is 229 g/mol. The lowest BCUT2D eigenvalue weighted by atomic mass is 9.90. The molecule has 0 bridgehead atoms. The van der Waals surface area contributed by atoms with E-state index in [9.17, 15) is 13.2 Å². The average molecular weight is 244 g/mol. The van der Waals surface area contributed by atoms with Crippen molar-refractivity contribution in [2.24, 2.45) is 5.73 Å². The maximum atomic E-state index is 13.1. The van der Waals surface area contributed by atoms with Gasteiger partial charge in [0, 0.05) is 18.8 Å². The molecule has 94 valence electrons. The van der Waals surface area contributed by atoms with Crippen molar-refractivity contribution in [2.75, 3.05) is 18.0 Å². The number of benzene rings is 1. The van der Waals surface area contributed by atoms with Crippen molar-refractivity contribution >= 4 is 5.69 Å². The Bertz CT molecular complexity index is 397. The summed E-state index contributed by atoms with van der Waals surface area (Å²) in [6, 6.07) is 5.95. The molecule has 2 nitrogen and oxygen atoms in total. The van der Waals surface area contributed by atoms with E-state index in [-0.39, 0.29) is 12.4 Å². The van der Waals surface area contributed by atoms with E-state index < -0.39 is 12.0 Å². The summed E-state index contributed by atoms with van der Waals surface area (Å²) < 4.78 is 38.8. The predicted octanol–water partition coefficient (Wildman–Crippen LogP) is 2.39. The van der Waals surface area contributed by atoms with Crippen LogP contribution in [-0.4, -0.2) is 25.1 Å². The SMILES string of the molecule is NC1(C(F)F)CCCN(c2cccc(F)c2)C1. The molecule has 1 aliphatic heterocycles. The van der Waals surface area contributed by atoms with E-state index in [2.05, 4.69) is 0 Å². The number of piperidine rings is 1. The summed E-state index contributed by atoms with van der Waals surface area (Å²) in [5.41, 5.74) is 4.81. The quantitative estimate of drug-likeness (QED) is 0.865. The summed E-state index contributed by atoms with van der Waals surface area (Å²) >= 11 is 0. The van der Waals surface area contributed by atoms with Crippen LogP contribution in [0.5, 0.6) is 0 Å². The molecule has 1 heterocycles. The van der Waals surface area contributed by atoms with Gasteiger partial charge in [-0.15, -0.1) is 0 Å². The van der Waals surface area contributed by atoms with Crippen molar-refractivity contribution in [3.05, 3.63) is 30.1 Å². The number of hydrogen-bond acceptors (Lipinski definition) is 2. The fraction of sp³-hybridized carbons (Fsp3) is 0.500. The summed E-state index contributed by atoms with van der Waals surface area (Å²) in [6.45, 7) is 0.698. The topological polar surface area (TPSA) is 29.3 Å². The lowest BCUT2D eigenvalue weighted by molar-refractivity contribution is 0.0448. The molecule has 5 heteroatoms. The van der Waals surface area contributed by atoms with E-state index in [1.165, 1.54) is 12.1 Å². The molecule has 0 aliphatic carbocycles. The van der Waals surface area contributed by atoms with Gasteiger partial charge in [-0.3, -0.25) is 0 Å². The molecule has 0 spiro atoms. The third kappa shape index (κ3) is 2.54. The minimum Gasteiger partial charge on any atom is -0.369 e. The smallest absolute Gasteiger partial charge is 0.258 e. The van der Waals surface area contributed by atoms with Crippen LogP contribution in [0.25, 0.3) is 0 Å². The Balaban J connectivity index is 2.18. The zero-order valence-corrected chi connectivity index (χ0v) is 9.37. The van der Waals surface area contributed by atoms with Crippen molar-refractivity contribution in [3.8, 4) is 0 Å². The summed E-state index contributed by atoms with van der Waals surface area (Å²) in [6.07, 6.45) is -1.66. The fourth-order valence-electron chi connectivity index (χ4n) is 2.18. The van der Waals surface area contributed by atoms with E-state index >= 15 is 0 Å². The monoisotopic (exact) mass is 244 g/mol. The third-order valence-corrected chi connectivity index (χ3v) is 3.16. The first-order valence-electron chi connectivity index (χ1n) is 5.59. The molecular formula is C12H15F3N2. The number of alkyl halides is 2. The molecule has 2 rings (SSSR count). The van der Waals surface area contributed by atoms with Gasteiger partial charge in [0.15, 0.2) is 0 Å². The first-order valence-corrected chi connectivity index (χ1v) is 5.59. The van der Waals surface area contributed by atoms with Gasteiger partial charge >= 0.3 is 0 Å². The van der Waals surface area contributed by atoms with Crippen LogP contribution in [0.4, 0.5) is 18.9 Å². The predicted molar refractivity (Wildman–Crippen MR) is 60.8 cm³/mol. The number of nitrogens with two attached hydrogens (primary N) is 1.